The molecule has 1 amide bonds. The molecular weight excluding hydrogens is 228 g/mol. The van der Waals surface area contributed by atoms with Crippen LogP contribution in [0.1, 0.15) is 20.8 Å². The largest absolute Gasteiger partial charge is 0.480 e. The molecule has 0 rings (SSSR count). The van der Waals surface area contributed by atoms with Crippen LogP contribution in [0, 0.1) is 5.92 Å². The van der Waals surface area contributed by atoms with E-state index < -0.39 is 29.9 Å². The number of carboxylic acids is 1. The molecule has 0 aliphatic heterocycles. The minimum absolute atomic E-state index is 0.104. The van der Waals surface area contributed by atoms with Gasteiger partial charge in [-0.1, -0.05) is 13.8 Å². The van der Waals surface area contributed by atoms with Gasteiger partial charge in [0, 0.05) is 0 Å². The van der Waals surface area contributed by atoms with Gasteiger partial charge in [0.1, 0.15) is 6.04 Å². The minimum atomic E-state index is -1.50. The summed E-state index contributed by atoms with van der Waals surface area (Å²) in [5.41, 5.74) is 5.32. The van der Waals surface area contributed by atoms with E-state index in [-0.39, 0.29) is 12.5 Å². The summed E-state index contributed by atoms with van der Waals surface area (Å²) in [6.07, 6.45) is 0. The van der Waals surface area contributed by atoms with Crippen LogP contribution in [-0.2, 0) is 19.1 Å². The fourth-order valence-corrected chi connectivity index (χ4v) is 1.10. The molecule has 0 aliphatic carbocycles. The Labute approximate surface area is 99.3 Å². The molecule has 0 spiro atoms. The van der Waals surface area contributed by atoms with Gasteiger partial charge < -0.3 is 20.9 Å². The zero-order valence-electron chi connectivity index (χ0n) is 10.1. The van der Waals surface area contributed by atoms with Crippen LogP contribution in [-0.4, -0.2) is 41.6 Å². The summed E-state index contributed by atoms with van der Waals surface area (Å²) < 4.78 is 4.56. The highest BCUT2D eigenvalue weighted by atomic mass is 16.5. The van der Waals surface area contributed by atoms with Crippen LogP contribution in [0.15, 0.2) is 0 Å². The Morgan fingerprint density at radius 1 is 1.35 bits per heavy atom. The third kappa shape index (κ3) is 4.81. The summed E-state index contributed by atoms with van der Waals surface area (Å²) >= 11 is 0. The van der Waals surface area contributed by atoms with Gasteiger partial charge in [0.25, 0.3) is 0 Å². The van der Waals surface area contributed by atoms with Crippen LogP contribution in [0.5, 0.6) is 0 Å². The summed E-state index contributed by atoms with van der Waals surface area (Å²) in [6, 6.07) is -2.58. The van der Waals surface area contributed by atoms with E-state index in [9.17, 15) is 14.4 Å². The number of nitrogens with two attached hydrogens (primary N) is 1. The van der Waals surface area contributed by atoms with Gasteiger partial charge in [0.15, 0.2) is 6.04 Å². The van der Waals surface area contributed by atoms with Gasteiger partial charge in [-0.3, -0.25) is 4.79 Å². The first-order chi connectivity index (χ1) is 7.81. The van der Waals surface area contributed by atoms with Crippen molar-refractivity contribution < 1.29 is 24.2 Å². The number of hydrogen-bond acceptors (Lipinski definition) is 5. The zero-order chi connectivity index (χ0) is 13.6. The van der Waals surface area contributed by atoms with Crippen LogP contribution in [0.3, 0.4) is 0 Å². The lowest BCUT2D eigenvalue weighted by Crippen LogP contribution is -2.53. The number of aliphatic carboxylic acids is 1. The van der Waals surface area contributed by atoms with Crippen molar-refractivity contribution in [2.75, 3.05) is 6.61 Å². The lowest BCUT2D eigenvalue weighted by atomic mass is 10.0. The summed E-state index contributed by atoms with van der Waals surface area (Å²) in [7, 11) is 0. The Morgan fingerprint density at radius 2 is 1.88 bits per heavy atom. The Balaban J connectivity index is 4.51. The second-order valence-corrected chi connectivity index (χ2v) is 3.80. The molecule has 2 atom stereocenters. The second kappa shape index (κ2) is 6.85. The van der Waals surface area contributed by atoms with Crippen LogP contribution in [0.4, 0.5) is 0 Å². The Kier molecular flexibility index (Phi) is 6.19. The summed E-state index contributed by atoms with van der Waals surface area (Å²) in [5, 5.41) is 11.0. The molecule has 7 nitrogen and oxygen atoms in total. The molecule has 4 N–H and O–H groups in total. The maximum Gasteiger partial charge on any atom is 0.332 e. The lowest BCUT2D eigenvalue weighted by molar-refractivity contribution is -0.150. The monoisotopic (exact) mass is 246 g/mol. The molecule has 0 aliphatic rings. The molecule has 7 heteroatoms. The number of rotatable bonds is 6. The molecule has 0 heterocycles. The minimum Gasteiger partial charge on any atom is -0.480 e. The van der Waals surface area contributed by atoms with E-state index in [0.29, 0.717) is 0 Å². The number of carbonyl (C=O) groups is 3. The molecule has 0 saturated carbocycles. The molecule has 0 aromatic heterocycles. The van der Waals surface area contributed by atoms with Crippen LogP contribution >= 0.6 is 0 Å². The average Bonchev–Trinajstić information content (AvgIpc) is 2.23. The fourth-order valence-electron chi connectivity index (χ4n) is 1.10. The van der Waals surface area contributed by atoms with E-state index in [1.807, 2.05) is 0 Å². The highest BCUT2D eigenvalue weighted by Gasteiger charge is 2.29. The topological polar surface area (TPSA) is 119 Å². The van der Waals surface area contributed by atoms with E-state index in [0.717, 1.165) is 0 Å². The van der Waals surface area contributed by atoms with Crippen molar-refractivity contribution in [1.82, 2.24) is 5.32 Å². The van der Waals surface area contributed by atoms with Crippen molar-refractivity contribution in [3.05, 3.63) is 0 Å². The highest BCUT2D eigenvalue weighted by molar-refractivity contribution is 6.02. The molecular formula is C10H18N2O5. The number of nitrogens with one attached hydrogen (secondary N) is 1. The van der Waals surface area contributed by atoms with Gasteiger partial charge in [-0.05, 0) is 12.8 Å². The molecule has 17 heavy (non-hydrogen) atoms. The van der Waals surface area contributed by atoms with Gasteiger partial charge >= 0.3 is 11.9 Å². The summed E-state index contributed by atoms with van der Waals surface area (Å²) in [4.78, 5) is 33.5. The standard InChI is InChI=1S/C10H18N2O5/c1-4-17-10(16)6(11)8(13)12-7(5(2)3)9(14)15/h5-7H,4,11H2,1-3H3,(H,12,13)(H,14,15)/t6?,7-/m1/s1. The fraction of sp³-hybridized carbons (Fsp3) is 0.700. The SMILES string of the molecule is CCOC(=O)C(N)C(=O)N[C@@H](C(=O)O)C(C)C. The summed E-state index contributed by atoms with van der Waals surface area (Å²) in [6.45, 7) is 4.95. The quantitative estimate of drug-likeness (QED) is 0.413. The Morgan fingerprint density at radius 3 is 2.24 bits per heavy atom. The summed E-state index contributed by atoms with van der Waals surface area (Å²) in [5.74, 6) is -3.22. The van der Waals surface area contributed by atoms with Crippen molar-refractivity contribution in [3.8, 4) is 0 Å². The van der Waals surface area contributed by atoms with Gasteiger partial charge in [0.05, 0.1) is 6.61 Å². The van der Waals surface area contributed by atoms with Crippen molar-refractivity contribution in [2.24, 2.45) is 11.7 Å². The molecule has 0 aromatic carbocycles. The van der Waals surface area contributed by atoms with E-state index in [4.69, 9.17) is 10.8 Å². The zero-order valence-corrected chi connectivity index (χ0v) is 10.1. The first kappa shape index (κ1) is 15.4. The van der Waals surface area contributed by atoms with E-state index in [1.54, 1.807) is 20.8 Å². The van der Waals surface area contributed by atoms with E-state index in [2.05, 4.69) is 10.1 Å². The van der Waals surface area contributed by atoms with Gasteiger partial charge in [0.2, 0.25) is 5.91 Å². The first-order valence-electron chi connectivity index (χ1n) is 5.26. The molecule has 98 valence electrons. The predicted octanol–water partition coefficient (Wildman–Crippen LogP) is -0.898. The van der Waals surface area contributed by atoms with Crippen LogP contribution in [0.25, 0.3) is 0 Å². The second-order valence-electron chi connectivity index (χ2n) is 3.80. The molecule has 1 unspecified atom stereocenters. The molecule has 0 saturated heterocycles. The van der Waals surface area contributed by atoms with Crippen LogP contribution in [0.2, 0.25) is 0 Å². The number of amides is 1. The van der Waals surface area contributed by atoms with Gasteiger partial charge in [-0.25, -0.2) is 9.59 Å². The van der Waals surface area contributed by atoms with E-state index in [1.165, 1.54) is 0 Å². The average molecular weight is 246 g/mol. The number of ether oxygens (including phenoxy) is 1. The van der Waals surface area contributed by atoms with Crippen molar-refractivity contribution >= 4 is 17.8 Å². The number of carbonyl (C=O) groups excluding carboxylic acids is 2. The van der Waals surface area contributed by atoms with Gasteiger partial charge in [-0.2, -0.15) is 0 Å². The number of esters is 1. The lowest BCUT2D eigenvalue weighted by Gasteiger charge is -2.19. The van der Waals surface area contributed by atoms with Crippen LogP contribution < -0.4 is 11.1 Å². The van der Waals surface area contributed by atoms with Crippen molar-refractivity contribution in [1.29, 1.82) is 0 Å². The highest BCUT2D eigenvalue weighted by Crippen LogP contribution is 2.02. The number of hydrogen-bond donors (Lipinski definition) is 3. The van der Waals surface area contributed by atoms with Crippen molar-refractivity contribution in [3.63, 3.8) is 0 Å². The Hall–Kier alpha value is -1.63. The third-order valence-electron chi connectivity index (χ3n) is 2.05. The molecule has 0 radical (unpaired) electrons. The van der Waals surface area contributed by atoms with Crippen molar-refractivity contribution in [2.45, 2.75) is 32.9 Å². The van der Waals surface area contributed by atoms with Gasteiger partial charge in [-0.15, -0.1) is 0 Å². The first-order valence-corrected chi connectivity index (χ1v) is 5.26. The Bertz CT molecular complexity index is 303. The maximum atomic E-state index is 11.5. The van der Waals surface area contributed by atoms with E-state index >= 15 is 0 Å². The normalized spacial score (nSPS) is 13.9. The molecule has 0 fully saturated rings. The third-order valence-corrected chi connectivity index (χ3v) is 2.05. The number of carboxylic acid groups (broad SMARTS) is 1. The molecule has 0 bridgehead atoms. The maximum absolute atomic E-state index is 11.5. The predicted molar refractivity (Wildman–Crippen MR) is 59.0 cm³/mol. The molecule has 0 aromatic rings. The smallest absolute Gasteiger partial charge is 0.332 e.